The van der Waals surface area contributed by atoms with Gasteiger partial charge in [0, 0.05) is 5.02 Å². The van der Waals surface area contributed by atoms with Crippen molar-refractivity contribution in [2.24, 2.45) is 0 Å². The summed E-state index contributed by atoms with van der Waals surface area (Å²) in [6, 6.07) is 11.2. The van der Waals surface area contributed by atoms with Gasteiger partial charge in [-0.3, -0.25) is 4.79 Å². The van der Waals surface area contributed by atoms with Gasteiger partial charge in [-0.05, 0) is 42.3 Å². The third-order valence-corrected chi connectivity index (χ3v) is 4.60. The van der Waals surface area contributed by atoms with Crippen molar-refractivity contribution in [3.05, 3.63) is 52.5 Å². The average Bonchev–Trinajstić information content (AvgIpc) is 2.90. The van der Waals surface area contributed by atoms with Gasteiger partial charge in [0.1, 0.15) is 5.75 Å². The van der Waals surface area contributed by atoms with Crippen molar-refractivity contribution in [3.8, 4) is 5.75 Å². The van der Waals surface area contributed by atoms with Crippen molar-refractivity contribution in [3.63, 3.8) is 0 Å². The molecular formula is C17H15ClN2O2S. The minimum absolute atomic E-state index is 0.110. The number of amides is 1. The zero-order valence-corrected chi connectivity index (χ0v) is 14.3. The van der Waals surface area contributed by atoms with Crippen LogP contribution in [0.3, 0.4) is 0 Å². The number of benzene rings is 2. The number of ether oxygens (including phenoxy) is 1. The number of carbonyl (C=O) groups is 1. The lowest BCUT2D eigenvalue weighted by atomic mass is 10.1. The summed E-state index contributed by atoms with van der Waals surface area (Å²) in [5.41, 5.74) is 2.76. The fourth-order valence-corrected chi connectivity index (χ4v) is 3.43. The van der Waals surface area contributed by atoms with Crippen molar-refractivity contribution in [2.75, 3.05) is 12.4 Å². The standard InChI is InChI=1S/C17H15ClN2O2S/c1-10-3-4-11(7-14(10)22-2)8-16(21)20-17-19-13-6-5-12(18)9-15(13)23-17/h3-7,9H,8H2,1-2H3,(H,19,20,21). The average molecular weight is 347 g/mol. The molecule has 0 bridgehead atoms. The van der Waals surface area contributed by atoms with Crippen LogP contribution in [0.5, 0.6) is 5.75 Å². The summed E-state index contributed by atoms with van der Waals surface area (Å²) in [5, 5.41) is 4.07. The van der Waals surface area contributed by atoms with Gasteiger partial charge in [0.25, 0.3) is 0 Å². The number of nitrogens with one attached hydrogen (secondary N) is 1. The van der Waals surface area contributed by atoms with E-state index in [0.29, 0.717) is 10.2 Å². The molecule has 0 unspecified atom stereocenters. The van der Waals surface area contributed by atoms with Gasteiger partial charge in [-0.25, -0.2) is 4.98 Å². The van der Waals surface area contributed by atoms with Gasteiger partial charge >= 0.3 is 0 Å². The Morgan fingerprint density at radius 2 is 2.13 bits per heavy atom. The van der Waals surface area contributed by atoms with E-state index in [1.165, 1.54) is 11.3 Å². The predicted octanol–water partition coefficient (Wildman–Crippen LogP) is 4.45. The molecule has 6 heteroatoms. The Balaban J connectivity index is 1.73. The Labute approximate surface area is 143 Å². The minimum Gasteiger partial charge on any atom is -0.496 e. The molecule has 0 atom stereocenters. The van der Waals surface area contributed by atoms with Gasteiger partial charge < -0.3 is 10.1 Å². The smallest absolute Gasteiger partial charge is 0.230 e. The lowest BCUT2D eigenvalue weighted by Gasteiger charge is -2.07. The lowest BCUT2D eigenvalue weighted by molar-refractivity contribution is -0.115. The second kappa shape index (κ2) is 6.56. The van der Waals surface area contributed by atoms with Crippen LogP contribution in [0.15, 0.2) is 36.4 Å². The number of anilines is 1. The molecule has 0 aliphatic carbocycles. The lowest BCUT2D eigenvalue weighted by Crippen LogP contribution is -2.14. The number of thiazole rings is 1. The number of rotatable bonds is 4. The van der Waals surface area contributed by atoms with E-state index in [2.05, 4.69) is 10.3 Å². The number of hydrogen-bond acceptors (Lipinski definition) is 4. The number of nitrogens with zero attached hydrogens (tertiary/aromatic N) is 1. The molecule has 0 fully saturated rings. The van der Waals surface area contributed by atoms with E-state index in [9.17, 15) is 4.79 Å². The van der Waals surface area contributed by atoms with E-state index in [1.54, 1.807) is 13.2 Å². The molecule has 118 valence electrons. The summed E-state index contributed by atoms with van der Waals surface area (Å²) in [7, 11) is 1.62. The largest absolute Gasteiger partial charge is 0.496 e. The molecule has 2 aromatic carbocycles. The summed E-state index contributed by atoms with van der Waals surface area (Å²) < 4.78 is 6.23. The zero-order chi connectivity index (χ0) is 16.4. The summed E-state index contributed by atoms with van der Waals surface area (Å²) in [6.07, 6.45) is 0.271. The third kappa shape index (κ3) is 3.63. The highest BCUT2D eigenvalue weighted by molar-refractivity contribution is 7.22. The molecule has 4 nitrogen and oxygen atoms in total. The molecule has 3 rings (SSSR count). The first kappa shape index (κ1) is 15.8. The summed E-state index contributed by atoms with van der Waals surface area (Å²) in [4.78, 5) is 16.6. The van der Waals surface area contributed by atoms with E-state index in [4.69, 9.17) is 16.3 Å². The molecule has 3 aromatic rings. The fourth-order valence-electron chi connectivity index (χ4n) is 2.28. The fraction of sp³-hybridized carbons (Fsp3) is 0.176. The third-order valence-electron chi connectivity index (χ3n) is 3.43. The van der Waals surface area contributed by atoms with Gasteiger partial charge in [0.15, 0.2) is 5.13 Å². The normalized spacial score (nSPS) is 10.7. The van der Waals surface area contributed by atoms with Crippen molar-refractivity contribution < 1.29 is 9.53 Å². The highest BCUT2D eigenvalue weighted by Crippen LogP contribution is 2.28. The maximum Gasteiger partial charge on any atom is 0.230 e. The number of methoxy groups -OCH3 is 1. The monoisotopic (exact) mass is 346 g/mol. The molecule has 1 N–H and O–H groups in total. The van der Waals surface area contributed by atoms with Crippen LogP contribution in [0.2, 0.25) is 5.02 Å². The van der Waals surface area contributed by atoms with Gasteiger partial charge in [-0.1, -0.05) is 35.1 Å². The van der Waals surface area contributed by atoms with Crippen molar-refractivity contribution in [1.29, 1.82) is 0 Å². The first-order valence-electron chi connectivity index (χ1n) is 7.04. The topological polar surface area (TPSA) is 51.2 Å². The maximum atomic E-state index is 12.2. The number of carbonyl (C=O) groups excluding carboxylic acids is 1. The van der Waals surface area contributed by atoms with E-state index >= 15 is 0 Å². The van der Waals surface area contributed by atoms with Crippen LogP contribution in [0.4, 0.5) is 5.13 Å². The first-order chi connectivity index (χ1) is 11.0. The molecule has 0 saturated carbocycles. The number of aryl methyl sites for hydroxylation is 1. The van der Waals surface area contributed by atoms with Crippen LogP contribution in [-0.2, 0) is 11.2 Å². The summed E-state index contributed by atoms with van der Waals surface area (Å²) >= 11 is 7.37. The van der Waals surface area contributed by atoms with E-state index in [1.807, 2.05) is 37.3 Å². The Kier molecular flexibility index (Phi) is 4.50. The maximum absolute atomic E-state index is 12.2. The zero-order valence-electron chi connectivity index (χ0n) is 12.7. The Bertz CT molecular complexity index is 876. The molecule has 0 aliphatic heterocycles. The molecule has 0 radical (unpaired) electrons. The predicted molar refractivity (Wildman–Crippen MR) is 94.7 cm³/mol. The number of aromatic nitrogens is 1. The van der Waals surface area contributed by atoms with Crippen LogP contribution >= 0.6 is 22.9 Å². The number of hydrogen-bond donors (Lipinski definition) is 1. The van der Waals surface area contributed by atoms with Crippen LogP contribution < -0.4 is 10.1 Å². The van der Waals surface area contributed by atoms with Gasteiger partial charge in [0.05, 0.1) is 23.7 Å². The van der Waals surface area contributed by atoms with Gasteiger partial charge in [0.2, 0.25) is 5.91 Å². The minimum atomic E-state index is -0.110. The molecule has 1 amide bonds. The SMILES string of the molecule is COc1cc(CC(=O)Nc2nc3ccc(Cl)cc3s2)ccc1C. The molecule has 0 saturated heterocycles. The molecule has 1 aromatic heterocycles. The van der Waals surface area contributed by atoms with Crippen molar-refractivity contribution in [2.45, 2.75) is 13.3 Å². The van der Waals surface area contributed by atoms with Crippen LogP contribution in [0.1, 0.15) is 11.1 Å². The highest BCUT2D eigenvalue weighted by atomic mass is 35.5. The Hall–Kier alpha value is -2.11. The molecule has 1 heterocycles. The van der Waals surface area contributed by atoms with Crippen LogP contribution in [0.25, 0.3) is 10.2 Å². The highest BCUT2D eigenvalue weighted by Gasteiger charge is 2.10. The second-order valence-electron chi connectivity index (χ2n) is 5.16. The molecule has 0 spiro atoms. The first-order valence-corrected chi connectivity index (χ1v) is 8.24. The molecular weight excluding hydrogens is 332 g/mol. The Morgan fingerprint density at radius 1 is 1.30 bits per heavy atom. The van der Waals surface area contributed by atoms with Crippen molar-refractivity contribution in [1.82, 2.24) is 4.98 Å². The van der Waals surface area contributed by atoms with Gasteiger partial charge in [-0.15, -0.1) is 0 Å². The molecule has 0 aliphatic rings. The summed E-state index contributed by atoms with van der Waals surface area (Å²) in [6.45, 7) is 1.97. The van der Waals surface area contributed by atoms with Gasteiger partial charge in [-0.2, -0.15) is 0 Å². The van der Waals surface area contributed by atoms with Crippen molar-refractivity contribution >= 4 is 44.2 Å². The van der Waals surface area contributed by atoms with Crippen LogP contribution in [0, 0.1) is 6.92 Å². The number of halogens is 1. The molecule has 23 heavy (non-hydrogen) atoms. The quantitative estimate of drug-likeness (QED) is 0.759. The summed E-state index contributed by atoms with van der Waals surface area (Å²) in [5.74, 6) is 0.672. The Morgan fingerprint density at radius 3 is 2.91 bits per heavy atom. The van der Waals surface area contributed by atoms with E-state index < -0.39 is 0 Å². The second-order valence-corrected chi connectivity index (χ2v) is 6.63. The van der Waals surface area contributed by atoms with E-state index in [0.717, 1.165) is 27.1 Å². The van der Waals surface area contributed by atoms with Crippen LogP contribution in [-0.4, -0.2) is 18.0 Å². The van der Waals surface area contributed by atoms with E-state index in [-0.39, 0.29) is 12.3 Å². The number of fused-ring (bicyclic) bond motifs is 1.